The molecule has 1 N–H and O–H groups in total. The van der Waals surface area contributed by atoms with Crippen LogP contribution in [0.2, 0.25) is 0 Å². The predicted octanol–water partition coefficient (Wildman–Crippen LogP) is 2.13. The Hall–Kier alpha value is -2.38. The molecule has 0 bridgehead atoms. The molecule has 1 aliphatic rings. The Balaban J connectivity index is 1.82. The zero-order valence-corrected chi connectivity index (χ0v) is 16.3. The van der Waals surface area contributed by atoms with Gasteiger partial charge in [0.1, 0.15) is 5.75 Å². The van der Waals surface area contributed by atoms with Crippen LogP contribution in [0.1, 0.15) is 24.0 Å². The van der Waals surface area contributed by atoms with Gasteiger partial charge in [0.2, 0.25) is 15.9 Å². The van der Waals surface area contributed by atoms with Crippen molar-refractivity contribution in [2.24, 2.45) is 0 Å². The minimum absolute atomic E-state index is 0.0457. The van der Waals surface area contributed by atoms with E-state index >= 15 is 0 Å². The molecule has 2 aromatic rings. The fourth-order valence-corrected chi connectivity index (χ4v) is 5.04. The minimum Gasteiger partial charge on any atom is -0.497 e. The van der Waals surface area contributed by atoms with Gasteiger partial charge in [0.25, 0.3) is 0 Å². The second kappa shape index (κ2) is 8.10. The molecule has 2 aromatic carbocycles. The Kier molecular flexibility index (Phi) is 5.82. The molecule has 0 radical (unpaired) electrons. The van der Waals surface area contributed by atoms with Gasteiger partial charge in [0.05, 0.1) is 18.9 Å². The third kappa shape index (κ3) is 4.67. The molecule has 1 aliphatic heterocycles. The van der Waals surface area contributed by atoms with Crippen LogP contribution in [0.5, 0.6) is 5.75 Å². The molecule has 0 aromatic heterocycles. The van der Waals surface area contributed by atoms with E-state index in [-0.39, 0.29) is 30.2 Å². The number of sulfonamides is 1. The number of rotatable bonds is 6. The number of benzene rings is 2. The first-order valence-corrected chi connectivity index (χ1v) is 10.4. The maximum atomic E-state index is 12.9. The lowest BCUT2D eigenvalue weighted by atomic mass is 9.94. The number of methoxy groups -OCH3 is 1. The van der Waals surface area contributed by atoms with E-state index in [4.69, 9.17) is 4.74 Å². The van der Waals surface area contributed by atoms with Crippen molar-refractivity contribution in [3.05, 3.63) is 65.7 Å². The number of ether oxygens (including phenoxy) is 1. The van der Waals surface area contributed by atoms with E-state index in [1.165, 1.54) is 11.2 Å². The van der Waals surface area contributed by atoms with E-state index in [0.717, 1.165) is 16.9 Å². The van der Waals surface area contributed by atoms with Crippen LogP contribution >= 0.6 is 0 Å². The Morgan fingerprint density at radius 2 is 1.78 bits per heavy atom. The van der Waals surface area contributed by atoms with Gasteiger partial charge < -0.3 is 10.1 Å². The molecular formula is C20H24N2O4S. The highest BCUT2D eigenvalue weighted by atomic mass is 32.2. The first-order valence-electron chi connectivity index (χ1n) is 8.82. The topological polar surface area (TPSA) is 75.7 Å². The second-order valence-electron chi connectivity index (χ2n) is 6.75. The van der Waals surface area contributed by atoms with Gasteiger partial charge in [-0.25, -0.2) is 8.42 Å². The number of nitrogens with one attached hydrogen (secondary N) is 1. The van der Waals surface area contributed by atoms with Gasteiger partial charge in [0, 0.05) is 25.9 Å². The molecule has 144 valence electrons. The van der Waals surface area contributed by atoms with Crippen molar-refractivity contribution >= 4 is 15.9 Å². The molecule has 7 heteroatoms. The lowest BCUT2D eigenvalue weighted by Crippen LogP contribution is -2.39. The number of amides is 1. The highest BCUT2D eigenvalue weighted by molar-refractivity contribution is 7.88. The number of nitrogens with zero attached hydrogens (tertiary/aromatic N) is 1. The summed E-state index contributed by atoms with van der Waals surface area (Å²) in [6.07, 6.45) is 0. The zero-order chi connectivity index (χ0) is 19.4. The molecule has 1 heterocycles. The Morgan fingerprint density at radius 3 is 2.37 bits per heavy atom. The largest absolute Gasteiger partial charge is 0.497 e. The van der Waals surface area contributed by atoms with Crippen molar-refractivity contribution in [2.45, 2.75) is 24.6 Å². The van der Waals surface area contributed by atoms with E-state index in [1.807, 2.05) is 42.5 Å². The summed E-state index contributed by atoms with van der Waals surface area (Å²) < 4.78 is 32.5. The molecule has 0 aliphatic carbocycles. The van der Waals surface area contributed by atoms with Gasteiger partial charge in [-0.05, 0) is 23.3 Å². The molecule has 3 rings (SSSR count). The van der Waals surface area contributed by atoms with Crippen molar-refractivity contribution in [3.8, 4) is 5.75 Å². The first kappa shape index (κ1) is 19.4. The van der Waals surface area contributed by atoms with Gasteiger partial charge >= 0.3 is 0 Å². The Morgan fingerprint density at radius 1 is 1.11 bits per heavy atom. The lowest BCUT2D eigenvalue weighted by Gasteiger charge is -2.19. The summed E-state index contributed by atoms with van der Waals surface area (Å²) in [6.45, 7) is 2.06. The summed E-state index contributed by atoms with van der Waals surface area (Å²) in [4.78, 5) is 11.6. The average molecular weight is 388 g/mol. The van der Waals surface area contributed by atoms with Crippen LogP contribution in [0.15, 0.2) is 54.6 Å². The Labute approximate surface area is 160 Å². The summed E-state index contributed by atoms with van der Waals surface area (Å²) in [6, 6.07) is 16.4. The third-order valence-electron chi connectivity index (χ3n) is 4.80. The minimum atomic E-state index is -3.48. The maximum absolute atomic E-state index is 12.9. The van der Waals surface area contributed by atoms with Crippen LogP contribution < -0.4 is 10.1 Å². The molecule has 2 unspecified atom stereocenters. The lowest BCUT2D eigenvalue weighted by molar-refractivity contribution is -0.119. The maximum Gasteiger partial charge on any atom is 0.218 e. The van der Waals surface area contributed by atoms with Crippen molar-refractivity contribution in [1.82, 2.24) is 9.62 Å². The highest BCUT2D eigenvalue weighted by Gasteiger charge is 2.39. The summed E-state index contributed by atoms with van der Waals surface area (Å²) in [7, 11) is -1.88. The fraction of sp³-hybridized carbons (Fsp3) is 0.350. The van der Waals surface area contributed by atoms with E-state index in [2.05, 4.69) is 5.32 Å². The summed E-state index contributed by atoms with van der Waals surface area (Å²) >= 11 is 0. The molecular weight excluding hydrogens is 364 g/mol. The number of hydrogen-bond donors (Lipinski definition) is 1. The standard InChI is InChI=1S/C20H24N2O4S/c1-15(23)21-20-13-22(27(24,25)14-16-6-4-3-5-7-16)12-19(20)17-8-10-18(26-2)11-9-17/h3-11,19-20H,12-14H2,1-2H3,(H,21,23). The molecule has 1 amide bonds. The molecule has 0 spiro atoms. The van der Waals surface area contributed by atoms with Gasteiger partial charge in [-0.2, -0.15) is 4.31 Å². The number of hydrogen-bond acceptors (Lipinski definition) is 4. The quantitative estimate of drug-likeness (QED) is 0.823. The molecule has 1 fully saturated rings. The molecule has 0 saturated carbocycles. The number of carbonyl (C=O) groups excluding carboxylic acids is 1. The monoisotopic (exact) mass is 388 g/mol. The van der Waals surface area contributed by atoms with E-state index < -0.39 is 10.0 Å². The van der Waals surface area contributed by atoms with Crippen LogP contribution in [0.25, 0.3) is 0 Å². The van der Waals surface area contributed by atoms with E-state index in [0.29, 0.717) is 6.54 Å². The molecule has 6 nitrogen and oxygen atoms in total. The second-order valence-corrected chi connectivity index (χ2v) is 8.71. The van der Waals surface area contributed by atoms with Crippen LogP contribution in [-0.2, 0) is 20.6 Å². The molecule has 1 saturated heterocycles. The highest BCUT2D eigenvalue weighted by Crippen LogP contribution is 2.31. The average Bonchev–Trinajstić information content (AvgIpc) is 3.06. The third-order valence-corrected chi connectivity index (χ3v) is 6.59. The smallest absolute Gasteiger partial charge is 0.218 e. The van der Waals surface area contributed by atoms with Gasteiger partial charge in [-0.15, -0.1) is 0 Å². The predicted molar refractivity (Wildman–Crippen MR) is 104 cm³/mol. The summed E-state index contributed by atoms with van der Waals surface area (Å²) in [5.41, 5.74) is 1.73. The van der Waals surface area contributed by atoms with Crippen LogP contribution in [0.3, 0.4) is 0 Å². The van der Waals surface area contributed by atoms with Crippen LogP contribution in [0, 0.1) is 0 Å². The van der Waals surface area contributed by atoms with Crippen molar-refractivity contribution in [2.75, 3.05) is 20.2 Å². The van der Waals surface area contributed by atoms with E-state index in [1.54, 1.807) is 19.2 Å². The Bertz CT molecular complexity index is 882. The SMILES string of the molecule is COc1ccc(C2CN(S(=O)(=O)Cc3ccccc3)CC2NC(C)=O)cc1. The summed E-state index contributed by atoms with van der Waals surface area (Å²) in [5, 5.41) is 2.91. The summed E-state index contributed by atoms with van der Waals surface area (Å²) in [5.74, 6) is 0.420. The van der Waals surface area contributed by atoms with E-state index in [9.17, 15) is 13.2 Å². The normalized spacial score (nSPS) is 20.4. The van der Waals surface area contributed by atoms with Crippen molar-refractivity contribution in [1.29, 1.82) is 0 Å². The molecule has 2 atom stereocenters. The van der Waals surface area contributed by atoms with Crippen LogP contribution in [0.4, 0.5) is 0 Å². The van der Waals surface area contributed by atoms with Crippen molar-refractivity contribution < 1.29 is 17.9 Å². The molecule has 27 heavy (non-hydrogen) atoms. The van der Waals surface area contributed by atoms with Gasteiger partial charge in [-0.3, -0.25) is 4.79 Å². The number of carbonyl (C=O) groups is 1. The van der Waals surface area contributed by atoms with Crippen molar-refractivity contribution in [3.63, 3.8) is 0 Å². The van der Waals surface area contributed by atoms with Crippen LogP contribution in [-0.4, -0.2) is 44.9 Å². The van der Waals surface area contributed by atoms with Gasteiger partial charge in [-0.1, -0.05) is 42.5 Å². The fourth-order valence-electron chi connectivity index (χ4n) is 3.47. The van der Waals surface area contributed by atoms with Gasteiger partial charge in [0.15, 0.2) is 0 Å². The zero-order valence-electron chi connectivity index (χ0n) is 15.5. The first-order chi connectivity index (χ1) is 12.9.